The van der Waals surface area contributed by atoms with Crippen LogP contribution in [0.25, 0.3) is 0 Å². The zero-order valence-corrected chi connectivity index (χ0v) is 13.8. The Morgan fingerprint density at radius 3 is 2.61 bits per heavy atom. The summed E-state index contributed by atoms with van der Waals surface area (Å²) in [6.07, 6.45) is 0.316. The number of benzene rings is 1. The number of ether oxygens (including phenoxy) is 1. The predicted octanol–water partition coefficient (Wildman–Crippen LogP) is 2.64. The molecule has 122 valence electrons. The molecular weight excluding hydrogens is 294 g/mol. The molecule has 1 aliphatic rings. The minimum atomic E-state index is -1.16. The second kappa shape index (κ2) is 5.49. The fraction of sp³-hybridized carbons (Fsp3) is 0.444. The normalized spacial score (nSPS) is 26.7. The molecule has 0 bridgehead atoms. The van der Waals surface area contributed by atoms with E-state index in [4.69, 9.17) is 9.26 Å². The van der Waals surface area contributed by atoms with E-state index in [1.165, 1.54) is 6.92 Å². The average molecular weight is 315 g/mol. The van der Waals surface area contributed by atoms with Crippen molar-refractivity contribution >= 4 is 5.78 Å². The molecule has 0 saturated carbocycles. The van der Waals surface area contributed by atoms with Crippen LogP contribution in [-0.2, 0) is 11.2 Å². The number of hydrogen-bond donors (Lipinski definition) is 1. The average Bonchev–Trinajstić information content (AvgIpc) is 2.85. The van der Waals surface area contributed by atoms with Gasteiger partial charge in [-0.3, -0.25) is 4.79 Å². The first-order valence-electron chi connectivity index (χ1n) is 7.67. The Balaban J connectivity index is 2.19. The van der Waals surface area contributed by atoms with Crippen LogP contribution >= 0.6 is 0 Å². The maximum atomic E-state index is 12.3. The monoisotopic (exact) mass is 315 g/mol. The molecule has 0 radical (unpaired) electrons. The second-order valence-electron chi connectivity index (χ2n) is 6.47. The van der Waals surface area contributed by atoms with Gasteiger partial charge in [-0.15, -0.1) is 0 Å². The minimum absolute atomic E-state index is 0.0398. The van der Waals surface area contributed by atoms with Crippen molar-refractivity contribution in [1.82, 2.24) is 5.16 Å². The van der Waals surface area contributed by atoms with E-state index in [0.29, 0.717) is 12.2 Å². The van der Waals surface area contributed by atoms with Crippen molar-refractivity contribution in [2.24, 2.45) is 5.92 Å². The molecule has 3 atom stereocenters. The van der Waals surface area contributed by atoms with E-state index in [0.717, 1.165) is 22.6 Å². The molecule has 0 saturated heterocycles. The molecule has 1 aliphatic carbocycles. The van der Waals surface area contributed by atoms with Crippen LogP contribution in [0.15, 0.2) is 28.8 Å². The first-order chi connectivity index (χ1) is 10.8. The highest BCUT2D eigenvalue weighted by molar-refractivity contribution is 5.82. The van der Waals surface area contributed by atoms with E-state index >= 15 is 0 Å². The largest absolute Gasteiger partial charge is 0.497 e. The number of aliphatic hydroxyl groups is 1. The maximum absolute atomic E-state index is 12.3. The lowest BCUT2D eigenvalue weighted by atomic mass is 9.64. The molecule has 1 heterocycles. The molecule has 1 N–H and O–H groups in total. The first kappa shape index (κ1) is 15.7. The van der Waals surface area contributed by atoms with Crippen molar-refractivity contribution < 1.29 is 19.2 Å². The summed E-state index contributed by atoms with van der Waals surface area (Å²) in [5.41, 5.74) is 1.43. The SMILES string of the molecule is COc1ccc([C@@H]2c3c(noc3C)C[C@](C)(O)[C@@H]2C(C)=O)cc1. The summed E-state index contributed by atoms with van der Waals surface area (Å²) in [5, 5.41) is 15.0. The van der Waals surface area contributed by atoms with Crippen molar-refractivity contribution in [2.45, 2.75) is 38.7 Å². The van der Waals surface area contributed by atoms with Crippen molar-refractivity contribution in [1.29, 1.82) is 0 Å². The number of carbonyl (C=O) groups excluding carboxylic acids is 1. The van der Waals surface area contributed by atoms with E-state index < -0.39 is 11.5 Å². The lowest BCUT2D eigenvalue weighted by Gasteiger charge is -2.40. The van der Waals surface area contributed by atoms with Gasteiger partial charge in [0.05, 0.1) is 24.3 Å². The Hall–Kier alpha value is -2.14. The number of carbonyl (C=O) groups is 1. The fourth-order valence-corrected chi connectivity index (χ4v) is 3.77. The van der Waals surface area contributed by atoms with Gasteiger partial charge in [-0.25, -0.2) is 0 Å². The van der Waals surface area contributed by atoms with E-state index in [2.05, 4.69) is 5.16 Å². The summed E-state index contributed by atoms with van der Waals surface area (Å²) >= 11 is 0. The molecule has 1 aromatic carbocycles. The van der Waals surface area contributed by atoms with Gasteiger partial charge in [0, 0.05) is 17.9 Å². The molecule has 0 unspecified atom stereocenters. The third-order valence-electron chi connectivity index (χ3n) is 4.74. The van der Waals surface area contributed by atoms with Gasteiger partial charge in [-0.05, 0) is 38.5 Å². The van der Waals surface area contributed by atoms with E-state index in [9.17, 15) is 9.90 Å². The number of rotatable bonds is 3. The first-order valence-corrected chi connectivity index (χ1v) is 7.67. The summed E-state index contributed by atoms with van der Waals surface area (Å²) < 4.78 is 10.5. The molecule has 0 amide bonds. The lowest BCUT2D eigenvalue weighted by molar-refractivity contribution is -0.130. The Morgan fingerprint density at radius 2 is 2.04 bits per heavy atom. The van der Waals surface area contributed by atoms with Crippen LogP contribution in [0.4, 0.5) is 0 Å². The van der Waals surface area contributed by atoms with Crippen LogP contribution in [0.5, 0.6) is 5.75 Å². The third-order valence-corrected chi connectivity index (χ3v) is 4.74. The van der Waals surface area contributed by atoms with Crippen LogP contribution in [0, 0.1) is 12.8 Å². The maximum Gasteiger partial charge on any atom is 0.137 e. The molecule has 0 aliphatic heterocycles. The number of aromatic nitrogens is 1. The number of Topliss-reactive ketones (excluding diaryl/α,β-unsaturated/α-hetero) is 1. The lowest BCUT2D eigenvalue weighted by Crippen LogP contribution is -2.48. The molecule has 0 spiro atoms. The molecule has 23 heavy (non-hydrogen) atoms. The molecule has 5 heteroatoms. The summed E-state index contributed by atoms with van der Waals surface area (Å²) in [6.45, 7) is 5.08. The topological polar surface area (TPSA) is 72.6 Å². The Bertz CT molecular complexity index is 730. The van der Waals surface area contributed by atoms with Crippen LogP contribution in [-0.4, -0.2) is 28.8 Å². The molecule has 5 nitrogen and oxygen atoms in total. The predicted molar refractivity (Wildman–Crippen MR) is 84.6 cm³/mol. The summed E-state index contributed by atoms with van der Waals surface area (Å²) in [4.78, 5) is 12.3. The molecular formula is C18H21NO4. The summed E-state index contributed by atoms with van der Waals surface area (Å²) in [7, 11) is 1.61. The zero-order valence-electron chi connectivity index (χ0n) is 13.8. The highest BCUT2D eigenvalue weighted by Crippen LogP contribution is 2.47. The molecule has 0 fully saturated rings. The number of aryl methyl sites for hydroxylation is 1. The van der Waals surface area contributed by atoms with Gasteiger partial charge in [0.25, 0.3) is 0 Å². The van der Waals surface area contributed by atoms with Crippen LogP contribution in [0.3, 0.4) is 0 Å². The van der Waals surface area contributed by atoms with Crippen molar-refractivity contribution in [3.8, 4) is 5.75 Å². The highest BCUT2D eigenvalue weighted by atomic mass is 16.5. The summed E-state index contributed by atoms with van der Waals surface area (Å²) in [6, 6.07) is 7.57. The van der Waals surface area contributed by atoms with Crippen LogP contribution < -0.4 is 4.74 Å². The van der Waals surface area contributed by atoms with E-state index in [1.807, 2.05) is 31.2 Å². The van der Waals surface area contributed by atoms with Gasteiger partial charge < -0.3 is 14.4 Å². The van der Waals surface area contributed by atoms with Gasteiger partial charge >= 0.3 is 0 Å². The quantitative estimate of drug-likeness (QED) is 0.942. The van der Waals surface area contributed by atoms with E-state index in [-0.39, 0.29) is 11.7 Å². The van der Waals surface area contributed by atoms with Gasteiger partial charge in [0.1, 0.15) is 17.3 Å². The Labute approximate surface area is 135 Å². The Morgan fingerprint density at radius 1 is 1.39 bits per heavy atom. The number of methoxy groups -OCH3 is 1. The van der Waals surface area contributed by atoms with Crippen LogP contribution in [0.2, 0.25) is 0 Å². The molecule has 1 aromatic heterocycles. The van der Waals surface area contributed by atoms with Crippen molar-refractivity contribution in [3.63, 3.8) is 0 Å². The zero-order chi connectivity index (χ0) is 16.8. The summed E-state index contributed by atoms with van der Waals surface area (Å²) in [5.74, 6) is 0.590. The van der Waals surface area contributed by atoms with Crippen LogP contribution in [0.1, 0.15) is 42.3 Å². The molecule has 2 aromatic rings. The van der Waals surface area contributed by atoms with Crippen molar-refractivity contribution in [2.75, 3.05) is 7.11 Å². The highest BCUT2D eigenvalue weighted by Gasteiger charge is 2.49. The number of nitrogens with zero attached hydrogens (tertiary/aromatic N) is 1. The van der Waals surface area contributed by atoms with Gasteiger partial charge in [0.15, 0.2) is 0 Å². The van der Waals surface area contributed by atoms with Gasteiger partial charge in [-0.1, -0.05) is 17.3 Å². The molecule has 3 rings (SSSR count). The standard InChI is InChI=1S/C18H21NO4/c1-10(20)17-16(12-5-7-13(22-4)8-6-12)15-11(2)23-19-14(15)9-18(17,3)21/h5-8,16-17,21H,9H2,1-4H3/t16-,17-,18+/m1/s1. The number of hydrogen-bond acceptors (Lipinski definition) is 5. The van der Waals surface area contributed by atoms with Crippen molar-refractivity contribution in [3.05, 3.63) is 46.8 Å². The fourth-order valence-electron chi connectivity index (χ4n) is 3.77. The van der Waals surface area contributed by atoms with E-state index in [1.54, 1.807) is 14.0 Å². The smallest absolute Gasteiger partial charge is 0.137 e. The second-order valence-corrected chi connectivity index (χ2v) is 6.47. The van der Waals surface area contributed by atoms with Gasteiger partial charge in [0.2, 0.25) is 0 Å². The third kappa shape index (κ3) is 2.55. The number of fused-ring (bicyclic) bond motifs is 1. The Kier molecular flexibility index (Phi) is 3.76. The number of ketones is 1. The van der Waals surface area contributed by atoms with Gasteiger partial charge in [-0.2, -0.15) is 0 Å². The minimum Gasteiger partial charge on any atom is -0.497 e.